The van der Waals surface area contributed by atoms with Gasteiger partial charge in [-0.25, -0.2) is 0 Å². The normalized spacial score (nSPS) is 23.4. The van der Waals surface area contributed by atoms with Gasteiger partial charge in [-0.2, -0.15) is 0 Å². The van der Waals surface area contributed by atoms with E-state index in [0.717, 1.165) is 12.8 Å². The standard InChI is InChI=1S/C10H21NO4/c1-3-12-10(13-4-2)14-7-5-9(11)6-8-15-10/h9H,3-8,11H2,1-2H3. The lowest BCUT2D eigenvalue weighted by Gasteiger charge is -2.33. The van der Waals surface area contributed by atoms with Crippen LogP contribution in [-0.4, -0.2) is 38.6 Å². The van der Waals surface area contributed by atoms with Crippen LogP contribution >= 0.6 is 0 Å². The molecular weight excluding hydrogens is 198 g/mol. The van der Waals surface area contributed by atoms with Crippen molar-refractivity contribution in [1.82, 2.24) is 0 Å². The molecule has 0 aliphatic carbocycles. The van der Waals surface area contributed by atoms with Crippen LogP contribution in [0.25, 0.3) is 0 Å². The highest BCUT2D eigenvalue weighted by molar-refractivity contribution is 4.63. The molecule has 0 amide bonds. The fourth-order valence-electron chi connectivity index (χ4n) is 1.42. The van der Waals surface area contributed by atoms with Crippen molar-refractivity contribution in [2.75, 3.05) is 26.4 Å². The Morgan fingerprint density at radius 1 is 1.13 bits per heavy atom. The Labute approximate surface area is 90.8 Å². The van der Waals surface area contributed by atoms with E-state index in [1.54, 1.807) is 0 Å². The van der Waals surface area contributed by atoms with Gasteiger partial charge in [0.05, 0.1) is 26.4 Å². The van der Waals surface area contributed by atoms with Crippen molar-refractivity contribution in [3.8, 4) is 0 Å². The SMILES string of the molecule is CCOC1(OCC)OCCC(N)CCO1. The predicted octanol–water partition coefficient (Wildman–Crippen LogP) is 0.825. The molecule has 0 saturated carbocycles. The van der Waals surface area contributed by atoms with Gasteiger partial charge in [0.1, 0.15) is 0 Å². The fourth-order valence-corrected chi connectivity index (χ4v) is 1.42. The Balaban J connectivity index is 2.52. The minimum Gasteiger partial charge on any atom is -0.328 e. The summed E-state index contributed by atoms with van der Waals surface area (Å²) in [4.78, 5) is 0. The molecule has 0 aromatic heterocycles. The number of hydrogen-bond donors (Lipinski definition) is 1. The molecule has 1 aliphatic heterocycles. The number of rotatable bonds is 4. The van der Waals surface area contributed by atoms with Gasteiger partial charge >= 0.3 is 6.16 Å². The first-order chi connectivity index (χ1) is 7.22. The number of hydrogen-bond acceptors (Lipinski definition) is 5. The molecule has 1 rings (SSSR count). The third-order valence-corrected chi connectivity index (χ3v) is 2.18. The van der Waals surface area contributed by atoms with E-state index in [9.17, 15) is 0 Å². The van der Waals surface area contributed by atoms with E-state index in [-0.39, 0.29) is 6.04 Å². The maximum atomic E-state index is 5.80. The van der Waals surface area contributed by atoms with Gasteiger partial charge in [-0.05, 0) is 26.7 Å². The highest BCUT2D eigenvalue weighted by atomic mass is 17.0. The summed E-state index contributed by atoms with van der Waals surface area (Å²) in [5, 5.41) is 0. The van der Waals surface area contributed by atoms with Gasteiger partial charge in [0.15, 0.2) is 0 Å². The topological polar surface area (TPSA) is 62.9 Å². The van der Waals surface area contributed by atoms with Gasteiger partial charge in [0.25, 0.3) is 0 Å². The van der Waals surface area contributed by atoms with Crippen LogP contribution in [0.5, 0.6) is 0 Å². The minimum absolute atomic E-state index is 0.131. The summed E-state index contributed by atoms with van der Waals surface area (Å²) in [6.07, 6.45) is 0.278. The summed E-state index contributed by atoms with van der Waals surface area (Å²) in [5.41, 5.74) is 5.80. The molecule has 1 fully saturated rings. The fraction of sp³-hybridized carbons (Fsp3) is 1.00. The summed E-state index contributed by atoms with van der Waals surface area (Å²) >= 11 is 0. The van der Waals surface area contributed by atoms with Crippen LogP contribution in [0.3, 0.4) is 0 Å². The van der Waals surface area contributed by atoms with Crippen molar-refractivity contribution in [3.63, 3.8) is 0 Å². The van der Waals surface area contributed by atoms with Crippen molar-refractivity contribution < 1.29 is 18.9 Å². The van der Waals surface area contributed by atoms with E-state index >= 15 is 0 Å². The number of ether oxygens (including phenoxy) is 4. The lowest BCUT2D eigenvalue weighted by molar-refractivity contribution is -0.499. The van der Waals surface area contributed by atoms with Crippen molar-refractivity contribution in [3.05, 3.63) is 0 Å². The van der Waals surface area contributed by atoms with E-state index in [1.165, 1.54) is 0 Å². The molecule has 15 heavy (non-hydrogen) atoms. The molecule has 0 unspecified atom stereocenters. The van der Waals surface area contributed by atoms with Gasteiger partial charge in [0.2, 0.25) is 0 Å². The van der Waals surface area contributed by atoms with E-state index in [0.29, 0.717) is 26.4 Å². The third kappa shape index (κ3) is 4.04. The summed E-state index contributed by atoms with van der Waals surface area (Å²) in [5.74, 6) is 0. The van der Waals surface area contributed by atoms with Crippen LogP contribution in [-0.2, 0) is 18.9 Å². The van der Waals surface area contributed by atoms with E-state index in [4.69, 9.17) is 24.7 Å². The average molecular weight is 219 g/mol. The zero-order valence-electron chi connectivity index (χ0n) is 9.53. The van der Waals surface area contributed by atoms with E-state index in [1.807, 2.05) is 13.8 Å². The lowest BCUT2D eigenvalue weighted by Crippen LogP contribution is -2.45. The minimum atomic E-state index is -1.32. The van der Waals surface area contributed by atoms with Crippen LogP contribution < -0.4 is 5.73 Å². The monoisotopic (exact) mass is 219 g/mol. The van der Waals surface area contributed by atoms with Gasteiger partial charge in [0, 0.05) is 6.04 Å². The second-order valence-electron chi connectivity index (χ2n) is 3.40. The molecule has 1 aliphatic rings. The van der Waals surface area contributed by atoms with Crippen molar-refractivity contribution in [2.45, 2.75) is 38.9 Å². The molecule has 0 bridgehead atoms. The van der Waals surface area contributed by atoms with Gasteiger partial charge in [-0.15, -0.1) is 0 Å². The highest BCUT2D eigenvalue weighted by Crippen LogP contribution is 2.21. The molecule has 2 N–H and O–H groups in total. The molecular formula is C10H21NO4. The average Bonchev–Trinajstić information content (AvgIpc) is 2.16. The molecule has 1 saturated heterocycles. The quantitative estimate of drug-likeness (QED) is 0.709. The Morgan fingerprint density at radius 2 is 1.60 bits per heavy atom. The highest BCUT2D eigenvalue weighted by Gasteiger charge is 2.36. The Bertz CT molecular complexity index is 159. The lowest BCUT2D eigenvalue weighted by atomic mass is 10.2. The smallest absolute Gasteiger partial charge is 0.328 e. The predicted molar refractivity (Wildman–Crippen MR) is 55.1 cm³/mol. The van der Waals surface area contributed by atoms with Crippen LogP contribution in [0.2, 0.25) is 0 Å². The number of nitrogens with two attached hydrogens (primary N) is 1. The maximum absolute atomic E-state index is 5.80. The van der Waals surface area contributed by atoms with Gasteiger partial charge in [-0.3, -0.25) is 0 Å². The first kappa shape index (κ1) is 12.9. The first-order valence-electron chi connectivity index (χ1n) is 5.54. The molecule has 0 spiro atoms. The van der Waals surface area contributed by atoms with E-state index < -0.39 is 6.16 Å². The maximum Gasteiger partial charge on any atom is 0.412 e. The molecule has 1 heterocycles. The Hall–Kier alpha value is -0.200. The zero-order valence-corrected chi connectivity index (χ0v) is 9.53. The second kappa shape index (κ2) is 6.40. The Morgan fingerprint density at radius 3 is 2.00 bits per heavy atom. The molecule has 0 radical (unpaired) electrons. The zero-order chi connectivity index (χ0) is 11.1. The largest absolute Gasteiger partial charge is 0.412 e. The summed E-state index contributed by atoms with van der Waals surface area (Å²) in [6, 6.07) is 0.131. The molecule has 0 aromatic rings. The van der Waals surface area contributed by atoms with Crippen molar-refractivity contribution in [1.29, 1.82) is 0 Å². The van der Waals surface area contributed by atoms with Gasteiger partial charge < -0.3 is 24.7 Å². The van der Waals surface area contributed by atoms with Crippen LogP contribution in [0.4, 0.5) is 0 Å². The van der Waals surface area contributed by atoms with Crippen LogP contribution in [0.15, 0.2) is 0 Å². The van der Waals surface area contributed by atoms with Crippen LogP contribution in [0, 0.1) is 0 Å². The second-order valence-corrected chi connectivity index (χ2v) is 3.40. The third-order valence-electron chi connectivity index (χ3n) is 2.18. The van der Waals surface area contributed by atoms with E-state index in [2.05, 4.69) is 0 Å². The van der Waals surface area contributed by atoms with Crippen molar-refractivity contribution in [2.24, 2.45) is 5.73 Å². The Kier molecular flexibility index (Phi) is 5.49. The molecule has 5 nitrogen and oxygen atoms in total. The van der Waals surface area contributed by atoms with Crippen molar-refractivity contribution >= 4 is 0 Å². The first-order valence-corrected chi connectivity index (χ1v) is 5.54. The van der Waals surface area contributed by atoms with Gasteiger partial charge in [-0.1, -0.05) is 0 Å². The summed E-state index contributed by atoms with van der Waals surface area (Å²) in [6.45, 7) is 5.68. The molecule has 5 heteroatoms. The molecule has 0 atom stereocenters. The summed E-state index contributed by atoms with van der Waals surface area (Å²) < 4.78 is 21.7. The summed E-state index contributed by atoms with van der Waals surface area (Å²) in [7, 11) is 0. The van der Waals surface area contributed by atoms with Crippen LogP contribution in [0.1, 0.15) is 26.7 Å². The molecule has 90 valence electrons. The molecule has 0 aromatic carbocycles.